The first-order chi connectivity index (χ1) is 58.5. The van der Waals surface area contributed by atoms with E-state index in [1.54, 1.807) is 0 Å². The van der Waals surface area contributed by atoms with Crippen molar-refractivity contribution >= 4 is 55.5 Å². The summed E-state index contributed by atoms with van der Waals surface area (Å²) in [5.74, 6) is 1.81. The van der Waals surface area contributed by atoms with Crippen LogP contribution in [0.15, 0.2) is 376 Å². The van der Waals surface area contributed by atoms with Gasteiger partial charge in [0.2, 0.25) is 0 Å². The van der Waals surface area contributed by atoms with Gasteiger partial charge in [-0.2, -0.15) is 0 Å². The Bertz CT molecular complexity index is 5900. The molecule has 0 fully saturated rings. The number of ether oxygens (including phenoxy) is 1. The van der Waals surface area contributed by atoms with Crippen LogP contribution in [-0.4, -0.2) is 9.97 Å². The number of hydrogen-bond acceptors (Lipinski definition) is 3. The maximum absolute atomic E-state index is 10.7. The molecule has 18 rings (SSSR count). The number of nitrogens with zero attached hydrogens (tertiary/aromatic N) is 2. The van der Waals surface area contributed by atoms with E-state index in [1.807, 2.05) is 12.4 Å². The number of fused-ring (bicyclic) bond motifs is 10. The Kier molecular flexibility index (Phi) is 23.9. The van der Waals surface area contributed by atoms with E-state index in [4.69, 9.17) is 14.7 Å². The second kappa shape index (κ2) is 33.9. The monoisotopic (exact) mass is 1740 g/mol. The van der Waals surface area contributed by atoms with Crippen molar-refractivity contribution < 1.29 is 47.0 Å². The second-order valence-corrected chi connectivity index (χ2v) is 42.3. The van der Waals surface area contributed by atoms with Crippen molar-refractivity contribution in [2.45, 2.75) is 110 Å². The van der Waals surface area contributed by atoms with Gasteiger partial charge in [-0.1, -0.05) is 374 Å². The fourth-order valence-electron chi connectivity index (χ4n) is 16.8. The summed E-state index contributed by atoms with van der Waals surface area (Å²) in [4.78, 5) is 10.3. The molecule has 0 unspecified atom stereocenters. The third kappa shape index (κ3) is 19.3. The molecule has 0 N–H and O–H groups in total. The molecule has 0 atom stereocenters. The number of pyridine rings is 2. The van der Waals surface area contributed by atoms with Gasteiger partial charge >= 0.3 is 50.1 Å². The fourth-order valence-corrected chi connectivity index (χ4v) is 21.6. The third-order valence-electron chi connectivity index (χ3n) is 23.1. The molecule has 13 heteroatoms. The zero-order chi connectivity index (χ0) is 86.5. The molecule has 626 valence electrons. The van der Waals surface area contributed by atoms with Crippen LogP contribution in [0.2, 0.25) is 0 Å². The molecule has 1 spiro atoms. The Morgan fingerprint density at radius 3 is 0.742 bits per heavy atom. The van der Waals surface area contributed by atoms with Gasteiger partial charge < -0.3 is 4.74 Å². The van der Waals surface area contributed by atoms with Crippen molar-refractivity contribution in [3.8, 4) is 101 Å². The Hall–Kier alpha value is -11.4. The van der Waals surface area contributed by atoms with Crippen LogP contribution in [0.3, 0.4) is 0 Å². The van der Waals surface area contributed by atoms with Gasteiger partial charge in [0.05, 0.1) is 16.8 Å². The van der Waals surface area contributed by atoms with E-state index >= 15 is 0 Å². The summed E-state index contributed by atoms with van der Waals surface area (Å²) in [6.45, 7) is 27.4. The van der Waals surface area contributed by atoms with E-state index in [9.17, 15) is 25.2 Å². The van der Waals surface area contributed by atoms with Crippen molar-refractivity contribution in [3.63, 3.8) is 0 Å². The molecule has 0 saturated heterocycles. The Morgan fingerprint density at radius 1 is 0.250 bits per heavy atom. The number of para-hydroxylation sites is 2. The first kappa shape index (κ1) is 87.5. The zero-order valence-electron chi connectivity index (χ0n) is 71.5. The molecule has 16 aromatic rings. The van der Waals surface area contributed by atoms with Crippen molar-refractivity contribution in [2.24, 2.45) is 0 Å². The minimum Gasteiger partial charge on any atom is -0.456 e. The van der Waals surface area contributed by atoms with Crippen LogP contribution in [0.25, 0.3) is 89.3 Å². The average Bonchev–Trinajstić information content (AvgIpc) is 1.50. The molecule has 0 aliphatic heterocycles. The summed E-state index contributed by atoms with van der Waals surface area (Å²) >= 11 is 0. The van der Waals surface area contributed by atoms with Crippen molar-refractivity contribution in [1.29, 1.82) is 0 Å². The number of benzene rings is 14. The molecule has 2 aromatic heterocycles. The summed E-state index contributed by atoms with van der Waals surface area (Å²) in [6.07, 6.45) is 3.84. The summed E-state index contributed by atoms with van der Waals surface area (Å²) < 4.78 is 66.1. The molecular formula is C111H98CuF6N2OP3. The first-order valence-electron chi connectivity index (χ1n) is 41.7. The molecule has 2 heterocycles. The number of halogens is 6. The summed E-state index contributed by atoms with van der Waals surface area (Å²) in [5.41, 5.74) is 28.4. The van der Waals surface area contributed by atoms with Crippen LogP contribution in [0.4, 0.5) is 25.2 Å². The van der Waals surface area contributed by atoms with Gasteiger partial charge in [-0.25, -0.2) is 0 Å². The summed E-state index contributed by atoms with van der Waals surface area (Å²) in [5, 5.41) is 7.64. The Labute approximate surface area is 739 Å². The second-order valence-electron chi connectivity index (χ2n) is 36.0. The molecule has 0 bridgehead atoms. The molecule has 0 saturated carbocycles. The molecule has 2 aliphatic carbocycles. The van der Waals surface area contributed by atoms with Crippen molar-refractivity contribution in [3.05, 3.63) is 421 Å². The van der Waals surface area contributed by atoms with Gasteiger partial charge in [0.1, 0.15) is 11.5 Å². The van der Waals surface area contributed by atoms with Crippen molar-refractivity contribution in [1.82, 2.24) is 9.97 Å². The van der Waals surface area contributed by atoms with Gasteiger partial charge in [-0.05, 0) is 254 Å². The van der Waals surface area contributed by atoms with Gasteiger partial charge in [-0.15, -0.1) is 0 Å². The Morgan fingerprint density at radius 2 is 0.484 bits per heavy atom. The molecule has 14 aromatic carbocycles. The van der Waals surface area contributed by atoms with E-state index in [2.05, 4.69) is 447 Å². The predicted molar refractivity (Wildman–Crippen MR) is 510 cm³/mol. The van der Waals surface area contributed by atoms with E-state index in [0.29, 0.717) is 0 Å². The largest absolute Gasteiger partial charge is 1.00 e. The first-order valence-corrected chi connectivity index (χ1v) is 46.4. The summed E-state index contributed by atoms with van der Waals surface area (Å²) in [6, 6.07) is 135. The minimum absolute atomic E-state index is 0. The van der Waals surface area contributed by atoms with Gasteiger partial charge in [0, 0.05) is 23.0 Å². The maximum Gasteiger partial charge on any atom is 1.00 e. The van der Waals surface area contributed by atoms with Crippen LogP contribution in [0.1, 0.15) is 128 Å². The fraction of sp³-hybridized carbons (Fsp3) is 0.153. The van der Waals surface area contributed by atoms with Crippen LogP contribution >= 0.6 is 23.7 Å². The Balaban J connectivity index is 0.000000211. The molecule has 0 radical (unpaired) electrons. The quantitative estimate of drug-likeness (QED) is 0.0618. The average molecular weight is 1750 g/mol. The predicted octanol–water partition coefficient (Wildman–Crippen LogP) is 30.4. The van der Waals surface area contributed by atoms with Crippen LogP contribution in [0.5, 0.6) is 11.5 Å². The third-order valence-corrected chi connectivity index (χ3v) is 28.1. The molecule has 0 amide bonds. The standard InChI is InChI=1S/C75H70N2.C36H28OP2.Cu.F6P/c1-71(2,3)59-27-17-47(18-28-59)53-39-54(48-19-29-60(30-20-48)72(4,5)6)42-57(41-53)51-25-35-63-64-36-26-52(46-68(64)75(67(63)45-51)65-15-13-37-76-69(65)70-66(75)16-14-38-77-70)58-43-55(49-21-31-61(32-22-49)73(7,8)9)40-56(44-58)50-23-33-62(34-24-50)74(10,11)12;1-5-17-29(18-6-1)38(30-19-7-2-8-20-30)35-27-15-13-25-33(35)37-34-26-14-16-28-36(34)39(31-21-9-3-10-22-31)32-23-11-4-12-24-32;;1-7(2,3,4,5)6/h13-46H,1-12H3;1-28H;;/q;;+1;-1. The SMILES string of the molecule is CC(C)(C)c1ccc(-c2cc(-c3ccc(C(C)(C)C)cc3)cc(-c3ccc4c(c3)C3(c5cc(-c6cc(-c7ccc(C(C)(C)C)cc7)cc(-c7ccc(C(C)(C)C)cc7)c6)ccc5-4)c4cccnc4-c4ncccc43)c2)cc1.F[P-](F)(F)(F)(F)F.[Cu+].c1ccc(P(c2ccccc2)c2ccccc2Oc2ccccc2P(c2ccccc2)c2ccccc2)cc1. The van der Waals surface area contributed by atoms with Gasteiger partial charge in [0.25, 0.3) is 0 Å². The van der Waals surface area contributed by atoms with E-state index in [1.165, 1.54) is 154 Å². The van der Waals surface area contributed by atoms with Crippen LogP contribution in [0, 0.1) is 0 Å². The van der Waals surface area contributed by atoms with Crippen LogP contribution < -0.4 is 36.6 Å². The molecule has 3 nitrogen and oxygen atoms in total. The van der Waals surface area contributed by atoms with E-state index < -0.39 is 29.1 Å². The van der Waals surface area contributed by atoms with E-state index in [0.717, 1.165) is 22.9 Å². The molecular weight excluding hydrogens is 1650 g/mol. The van der Waals surface area contributed by atoms with Gasteiger partial charge in [-0.3, -0.25) is 9.97 Å². The molecule has 2 aliphatic rings. The molecule has 124 heavy (non-hydrogen) atoms. The minimum atomic E-state index is -10.7. The van der Waals surface area contributed by atoms with E-state index in [-0.39, 0.29) is 38.7 Å². The zero-order valence-corrected chi connectivity index (χ0v) is 75.1. The normalized spacial score (nSPS) is 13.2. The number of rotatable bonds is 14. The van der Waals surface area contributed by atoms with Crippen molar-refractivity contribution in [2.75, 3.05) is 0 Å². The maximum atomic E-state index is 9.87. The smallest absolute Gasteiger partial charge is 0.456 e. The topological polar surface area (TPSA) is 35.0 Å². The summed E-state index contributed by atoms with van der Waals surface area (Å²) in [7, 11) is -12.2. The number of aromatic nitrogens is 2. The van der Waals surface area contributed by atoms with Crippen LogP contribution in [-0.2, 0) is 44.1 Å². The number of hydrogen-bond donors (Lipinski definition) is 0. The van der Waals surface area contributed by atoms with Gasteiger partial charge in [0.15, 0.2) is 0 Å².